The molecule has 3 nitrogen and oxygen atoms in total. The van der Waals surface area contributed by atoms with Gasteiger partial charge in [-0.1, -0.05) is 11.6 Å². The molecule has 1 fully saturated rings. The summed E-state index contributed by atoms with van der Waals surface area (Å²) in [5.74, 6) is 0.108. The first-order valence-electron chi connectivity index (χ1n) is 5.55. The first-order chi connectivity index (χ1) is 7.72. The number of benzene rings is 1. The van der Waals surface area contributed by atoms with E-state index in [1.165, 1.54) is 0 Å². The Bertz CT molecular complexity index is 456. The van der Waals surface area contributed by atoms with Crippen LogP contribution in [0.1, 0.15) is 18.4 Å². The largest absolute Gasteiger partial charge is 0.325 e. The van der Waals surface area contributed by atoms with E-state index < -0.39 is 5.41 Å². The lowest BCUT2D eigenvalue weighted by molar-refractivity contribution is -0.121. The second-order valence-electron chi connectivity index (χ2n) is 4.51. The predicted molar refractivity (Wildman–Crippen MR) is 71.1 cm³/mol. The molecule has 1 amide bonds. The van der Waals surface area contributed by atoms with Crippen LogP contribution < -0.4 is 10.6 Å². The number of hydrogen-bond acceptors (Lipinski definition) is 2. The number of carbonyl (C=O) groups excluding carboxylic acids is 1. The Morgan fingerprint density at radius 1 is 1.35 bits per heavy atom. The molecule has 0 aromatic heterocycles. The lowest BCUT2D eigenvalue weighted by atomic mass is 9.76. The van der Waals surface area contributed by atoms with Crippen LogP contribution in [0.3, 0.4) is 0 Å². The summed E-state index contributed by atoms with van der Waals surface area (Å²) in [7, 11) is 0. The third-order valence-corrected chi connectivity index (χ3v) is 3.80. The zero-order valence-electron chi connectivity index (χ0n) is 9.25. The van der Waals surface area contributed by atoms with Crippen molar-refractivity contribution in [1.29, 1.82) is 0 Å². The van der Waals surface area contributed by atoms with Gasteiger partial charge in [0.1, 0.15) is 0 Å². The van der Waals surface area contributed by atoms with E-state index in [9.17, 15) is 4.79 Å². The standard InChI is InChI=1S/C12H13ClN2O.ClH/c13-8-2-3-10-9(6-8)12(11(16)15-10)4-1-5-14-7-12;/h2-3,6,14H,1,4-5,7H2,(H,15,16);1H. The Kier molecular flexibility index (Phi) is 3.34. The molecule has 1 unspecified atom stereocenters. The van der Waals surface area contributed by atoms with E-state index in [0.29, 0.717) is 11.6 Å². The normalized spacial score (nSPS) is 26.3. The van der Waals surface area contributed by atoms with Crippen molar-refractivity contribution in [1.82, 2.24) is 5.32 Å². The van der Waals surface area contributed by atoms with Gasteiger partial charge in [-0.2, -0.15) is 0 Å². The van der Waals surface area contributed by atoms with Gasteiger partial charge in [-0.3, -0.25) is 4.79 Å². The van der Waals surface area contributed by atoms with E-state index in [2.05, 4.69) is 10.6 Å². The van der Waals surface area contributed by atoms with Gasteiger partial charge in [0.05, 0.1) is 5.41 Å². The van der Waals surface area contributed by atoms with Crippen LogP contribution in [0, 0.1) is 0 Å². The van der Waals surface area contributed by atoms with E-state index >= 15 is 0 Å². The molecule has 5 heteroatoms. The first-order valence-corrected chi connectivity index (χ1v) is 5.92. The minimum Gasteiger partial charge on any atom is -0.325 e. The topological polar surface area (TPSA) is 41.1 Å². The van der Waals surface area contributed by atoms with Crippen molar-refractivity contribution in [2.45, 2.75) is 18.3 Å². The van der Waals surface area contributed by atoms with Crippen molar-refractivity contribution in [3.05, 3.63) is 28.8 Å². The van der Waals surface area contributed by atoms with Gasteiger partial charge in [0.2, 0.25) is 5.91 Å². The van der Waals surface area contributed by atoms with Crippen LogP contribution in [-0.4, -0.2) is 19.0 Å². The molecule has 0 saturated carbocycles. The first kappa shape index (κ1) is 12.7. The van der Waals surface area contributed by atoms with Crippen LogP contribution >= 0.6 is 24.0 Å². The molecule has 1 saturated heterocycles. The van der Waals surface area contributed by atoms with Crippen molar-refractivity contribution in [2.75, 3.05) is 18.4 Å². The van der Waals surface area contributed by atoms with Crippen molar-refractivity contribution in [2.24, 2.45) is 0 Å². The Labute approximate surface area is 111 Å². The van der Waals surface area contributed by atoms with Crippen LogP contribution in [0.25, 0.3) is 0 Å². The second-order valence-corrected chi connectivity index (χ2v) is 4.94. The van der Waals surface area contributed by atoms with E-state index in [-0.39, 0.29) is 18.3 Å². The molecular formula is C12H14Cl2N2O. The molecule has 0 radical (unpaired) electrons. The minimum absolute atomic E-state index is 0. The molecule has 2 heterocycles. The zero-order valence-corrected chi connectivity index (χ0v) is 10.8. The van der Waals surface area contributed by atoms with Crippen LogP contribution in [0.4, 0.5) is 5.69 Å². The number of nitrogens with one attached hydrogen (secondary N) is 2. The SMILES string of the molecule is Cl.O=C1Nc2ccc(Cl)cc2C12CCCNC2. The maximum atomic E-state index is 12.1. The van der Waals surface area contributed by atoms with Crippen molar-refractivity contribution >= 4 is 35.6 Å². The number of rotatable bonds is 0. The molecule has 17 heavy (non-hydrogen) atoms. The molecule has 1 aromatic rings. The molecule has 92 valence electrons. The number of amides is 1. The van der Waals surface area contributed by atoms with Gasteiger partial charge in [0.15, 0.2) is 0 Å². The number of carbonyl (C=O) groups is 1. The molecule has 1 aromatic carbocycles. The zero-order chi connectivity index (χ0) is 11.2. The number of piperidine rings is 1. The van der Waals surface area contributed by atoms with Crippen LogP contribution in [-0.2, 0) is 10.2 Å². The summed E-state index contributed by atoms with van der Waals surface area (Å²) in [5.41, 5.74) is 1.58. The summed E-state index contributed by atoms with van der Waals surface area (Å²) >= 11 is 6.01. The monoisotopic (exact) mass is 272 g/mol. The highest BCUT2D eigenvalue weighted by Crippen LogP contribution is 2.42. The number of halogens is 2. The highest BCUT2D eigenvalue weighted by atomic mass is 35.5. The van der Waals surface area contributed by atoms with Crippen molar-refractivity contribution in [3.63, 3.8) is 0 Å². The lowest BCUT2D eigenvalue weighted by Crippen LogP contribution is -2.47. The Morgan fingerprint density at radius 3 is 2.88 bits per heavy atom. The smallest absolute Gasteiger partial charge is 0.236 e. The molecule has 2 N–H and O–H groups in total. The van der Waals surface area contributed by atoms with E-state index in [0.717, 1.165) is 30.6 Å². The average molecular weight is 273 g/mol. The third-order valence-electron chi connectivity index (χ3n) is 3.56. The van der Waals surface area contributed by atoms with Crippen molar-refractivity contribution < 1.29 is 4.79 Å². The Hall–Kier alpha value is -0.770. The molecule has 2 aliphatic rings. The fourth-order valence-electron chi connectivity index (χ4n) is 2.71. The molecule has 0 bridgehead atoms. The number of fused-ring (bicyclic) bond motifs is 2. The third kappa shape index (κ3) is 1.82. The van der Waals surface area contributed by atoms with Gasteiger partial charge in [0, 0.05) is 17.3 Å². The molecule has 2 aliphatic heterocycles. The number of anilines is 1. The van der Waals surface area contributed by atoms with Gasteiger partial charge < -0.3 is 10.6 Å². The quantitative estimate of drug-likeness (QED) is 0.761. The maximum Gasteiger partial charge on any atom is 0.236 e. The summed E-state index contributed by atoms with van der Waals surface area (Å²) in [5, 5.41) is 6.95. The summed E-state index contributed by atoms with van der Waals surface area (Å²) in [6.07, 6.45) is 1.93. The molecule has 1 spiro atoms. The average Bonchev–Trinajstić information content (AvgIpc) is 2.55. The van der Waals surface area contributed by atoms with Gasteiger partial charge in [0.25, 0.3) is 0 Å². The maximum absolute atomic E-state index is 12.1. The van der Waals surface area contributed by atoms with E-state index in [1.54, 1.807) is 0 Å². The Morgan fingerprint density at radius 2 is 2.18 bits per heavy atom. The van der Waals surface area contributed by atoms with Crippen molar-refractivity contribution in [3.8, 4) is 0 Å². The van der Waals surface area contributed by atoms with Crippen LogP contribution in [0.5, 0.6) is 0 Å². The van der Waals surface area contributed by atoms with Crippen LogP contribution in [0.2, 0.25) is 5.02 Å². The summed E-state index contributed by atoms with van der Waals surface area (Å²) in [6, 6.07) is 5.62. The predicted octanol–water partition coefficient (Wildman–Crippen LogP) is 2.34. The highest BCUT2D eigenvalue weighted by Gasteiger charge is 2.47. The van der Waals surface area contributed by atoms with E-state index in [1.807, 2.05) is 18.2 Å². The summed E-state index contributed by atoms with van der Waals surface area (Å²) in [6.45, 7) is 1.71. The fourth-order valence-corrected chi connectivity index (χ4v) is 2.89. The summed E-state index contributed by atoms with van der Waals surface area (Å²) in [4.78, 5) is 12.1. The van der Waals surface area contributed by atoms with E-state index in [4.69, 9.17) is 11.6 Å². The fraction of sp³-hybridized carbons (Fsp3) is 0.417. The molecule has 0 aliphatic carbocycles. The van der Waals surface area contributed by atoms with Gasteiger partial charge in [-0.25, -0.2) is 0 Å². The highest BCUT2D eigenvalue weighted by molar-refractivity contribution is 6.31. The van der Waals surface area contributed by atoms with Gasteiger partial charge in [-0.15, -0.1) is 12.4 Å². The summed E-state index contributed by atoms with van der Waals surface area (Å²) < 4.78 is 0. The molecule has 1 atom stereocenters. The Balaban J connectivity index is 0.00000108. The van der Waals surface area contributed by atoms with Gasteiger partial charge in [-0.05, 0) is 43.1 Å². The van der Waals surface area contributed by atoms with Gasteiger partial charge >= 0.3 is 0 Å². The molecular weight excluding hydrogens is 259 g/mol. The molecule has 3 rings (SSSR count). The second kappa shape index (κ2) is 4.48. The number of hydrogen-bond donors (Lipinski definition) is 2. The van der Waals surface area contributed by atoms with Crippen LogP contribution in [0.15, 0.2) is 18.2 Å². The minimum atomic E-state index is -0.390. The lowest BCUT2D eigenvalue weighted by Gasteiger charge is -2.32.